The number of aryl methyl sites for hydroxylation is 1. The first-order valence-electron chi connectivity index (χ1n) is 8.06. The molecule has 2 aromatic carbocycles. The molecule has 0 aliphatic heterocycles. The van der Waals surface area contributed by atoms with E-state index >= 15 is 0 Å². The Bertz CT molecular complexity index is 717. The van der Waals surface area contributed by atoms with Crippen LogP contribution in [0, 0.1) is 0 Å². The Morgan fingerprint density at radius 1 is 1.04 bits per heavy atom. The van der Waals surface area contributed by atoms with Crippen molar-refractivity contribution >= 4 is 16.9 Å². The van der Waals surface area contributed by atoms with Gasteiger partial charge in [-0.1, -0.05) is 56.8 Å². The van der Waals surface area contributed by atoms with Crippen LogP contribution in [-0.2, 0) is 11.8 Å². The van der Waals surface area contributed by atoms with E-state index in [0.717, 1.165) is 24.0 Å². The minimum Gasteiger partial charge on any atom is -0.508 e. The van der Waals surface area contributed by atoms with E-state index in [1.54, 1.807) is 24.3 Å². The fourth-order valence-corrected chi connectivity index (χ4v) is 3.31. The summed E-state index contributed by atoms with van der Waals surface area (Å²) in [4.78, 5) is 12.1. The lowest BCUT2D eigenvalue weighted by molar-refractivity contribution is 0.108. The topological polar surface area (TPSA) is 57.5 Å². The molecule has 3 nitrogen and oxygen atoms in total. The molecule has 0 saturated heterocycles. The molecule has 0 heterocycles. The highest BCUT2D eigenvalue weighted by atomic mass is 32.2. The minimum atomic E-state index is -0.103. The second-order valence-corrected chi connectivity index (χ2v) is 7.93. The summed E-state index contributed by atoms with van der Waals surface area (Å²) in [5.74, 6) is 1.05. The van der Waals surface area contributed by atoms with Crippen molar-refractivity contribution in [2.24, 2.45) is 0 Å². The van der Waals surface area contributed by atoms with Crippen LogP contribution in [0.4, 0.5) is 0 Å². The van der Waals surface area contributed by atoms with Crippen LogP contribution in [0.3, 0.4) is 0 Å². The molecule has 0 aliphatic rings. The number of phenols is 2. The molecule has 4 heteroatoms. The molecule has 0 fully saturated rings. The van der Waals surface area contributed by atoms with Crippen molar-refractivity contribution in [3.8, 4) is 11.5 Å². The smallest absolute Gasteiger partial charge is 0.223 e. The Kier molecular flexibility index (Phi) is 5.94. The number of benzene rings is 2. The number of carbonyl (C=O) groups is 1. The summed E-state index contributed by atoms with van der Waals surface area (Å²) in [7, 11) is 0. The van der Waals surface area contributed by atoms with Gasteiger partial charge in [0.1, 0.15) is 11.5 Å². The highest BCUT2D eigenvalue weighted by Gasteiger charge is 2.18. The maximum atomic E-state index is 12.1. The summed E-state index contributed by atoms with van der Waals surface area (Å²) in [5.41, 5.74) is 2.36. The lowest BCUT2D eigenvalue weighted by atomic mass is 9.85. The molecule has 0 aliphatic carbocycles. The zero-order valence-corrected chi connectivity index (χ0v) is 15.2. The first-order chi connectivity index (χ1) is 11.3. The third kappa shape index (κ3) is 4.78. The molecular weight excluding hydrogens is 320 g/mol. The Morgan fingerprint density at radius 2 is 1.75 bits per heavy atom. The van der Waals surface area contributed by atoms with E-state index in [9.17, 15) is 15.0 Å². The molecule has 0 bridgehead atoms. The van der Waals surface area contributed by atoms with Crippen molar-refractivity contribution in [2.45, 2.75) is 39.0 Å². The average molecular weight is 344 g/mol. The van der Waals surface area contributed by atoms with E-state index in [0.29, 0.717) is 17.1 Å². The maximum absolute atomic E-state index is 12.1. The van der Waals surface area contributed by atoms with Crippen molar-refractivity contribution in [3.05, 3.63) is 59.2 Å². The predicted molar refractivity (Wildman–Crippen MR) is 100 cm³/mol. The Balaban J connectivity index is 1.89. The van der Waals surface area contributed by atoms with Gasteiger partial charge >= 0.3 is 0 Å². The molecule has 2 aromatic rings. The average Bonchev–Trinajstić information content (AvgIpc) is 2.52. The quantitative estimate of drug-likeness (QED) is 0.757. The first-order valence-corrected chi connectivity index (χ1v) is 9.05. The normalized spacial score (nSPS) is 11.5. The van der Waals surface area contributed by atoms with Gasteiger partial charge < -0.3 is 10.2 Å². The third-order valence-electron chi connectivity index (χ3n) is 3.84. The predicted octanol–water partition coefficient (Wildman–Crippen LogP) is 4.90. The second kappa shape index (κ2) is 7.75. The molecule has 0 unspecified atom stereocenters. The molecule has 0 amide bonds. The van der Waals surface area contributed by atoms with E-state index in [1.165, 1.54) is 17.8 Å². The highest BCUT2D eigenvalue weighted by Crippen LogP contribution is 2.31. The standard InChI is InChI=1S/C20H24O3S/c1-20(2,3)16-13-14(10-11-18(16)22)7-6-12-24-19(23)15-8-4-5-9-17(15)21/h4-5,8-11,13,21-22H,6-7,12H2,1-3H3. The molecule has 0 saturated carbocycles. The SMILES string of the molecule is CC(C)(C)c1cc(CCCSC(=O)c2ccccc2O)ccc1O. The van der Waals surface area contributed by atoms with Gasteiger partial charge in [0.05, 0.1) is 5.56 Å². The van der Waals surface area contributed by atoms with Crippen molar-refractivity contribution < 1.29 is 15.0 Å². The zero-order chi connectivity index (χ0) is 17.7. The summed E-state index contributed by atoms with van der Waals surface area (Å²) >= 11 is 1.23. The lowest BCUT2D eigenvalue weighted by Gasteiger charge is -2.21. The summed E-state index contributed by atoms with van der Waals surface area (Å²) in [6.07, 6.45) is 1.71. The van der Waals surface area contributed by atoms with Gasteiger partial charge in [0.25, 0.3) is 0 Å². The van der Waals surface area contributed by atoms with Gasteiger partial charge in [-0.3, -0.25) is 4.79 Å². The monoisotopic (exact) mass is 344 g/mol. The Hall–Kier alpha value is -1.94. The molecule has 2 N–H and O–H groups in total. The molecule has 0 radical (unpaired) electrons. The van der Waals surface area contributed by atoms with Gasteiger partial charge in [-0.05, 0) is 47.6 Å². The molecule has 0 atom stereocenters. The summed E-state index contributed by atoms with van der Waals surface area (Å²) in [6.45, 7) is 6.23. The maximum Gasteiger partial charge on any atom is 0.223 e. The summed E-state index contributed by atoms with van der Waals surface area (Å²) < 4.78 is 0. The van der Waals surface area contributed by atoms with E-state index in [-0.39, 0.29) is 16.3 Å². The van der Waals surface area contributed by atoms with Gasteiger partial charge in [0.15, 0.2) is 0 Å². The number of para-hydroxylation sites is 1. The van der Waals surface area contributed by atoms with Crippen molar-refractivity contribution in [2.75, 3.05) is 5.75 Å². The van der Waals surface area contributed by atoms with Crippen molar-refractivity contribution in [1.29, 1.82) is 0 Å². The van der Waals surface area contributed by atoms with Gasteiger partial charge in [-0.25, -0.2) is 0 Å². The third-order valence-corrected chi connectivity index (χ3v) is 4.81. The number of aromatic hydroxyl groups is 2. The lowest BCUT2D eigenvalue weighted by Crippen LogP contribution is -2.11. The van der Waals surface area contributed by atoms with Crippen LogP contribution >= 0.6 is 11.8 Å². The van der Waals surface area contributed by atoms with Crippen LogP contribution in [0.1, 0.15) is 48.7 Å². The van der Waals surface area contributed by atoms with Gasteiger partial charge in [0.2, 0.25) is 5.12 Å². The number of hydrogen-bond acceptors (Lipinski definition) is 4. The largest absolute Gasteiger partial charge is 0.508 e. The summed E-state index contributed by atoms with van der Waals surface area (Å²) in [6, 6.07) is 12.3. The number of hydrogen-bond donors (Lipinski definition) is 2. The highest BCUT2D eigenvalue weighted by molar-refractivity contribution is 8.14. The van der Waals surface area contributed by atoms with Crippen molar-refractivity contribution in [3.63, 3.8) is 0 Å². The number of phenolic OH excluding ortho intramolecular Hbond substituents is 2. The summed E-state index contributed by atoms with van der Waals surface area (Å²) in [5, 5.41) is 19.6. The van der Waals surface area contributed by atoms with Gasteiger partial charge in [-0.2, -0.15) is 0 Å². The van der Waals surface area contributed by atoms with Crippen LogP contribution in [0.15, 0.2) is 42.5 Å². The second-order valence-electron chi connectivity index (χ2n) is 6.86. The fraction of sp³-hybridized carbons (Fsp3) is 0.350. The minimum absolute atomic E-state index is 0.0309. The van der Waals surface area contributed by atoms with Crippen LogP contribution in [0.2, 0.25) is 0 Å². The van der Waals surface area contributed by atoms with E-state index in [1.807, 2.05) is 12.1 Å². The van der Waals surface area contributed by atoms with Crippen molar-refractivity contribution in [1.82, 2.24) is 0 Å². The molecule has 128 valence electrons. The Morgan fingerprint density at radius 3 is 2.42 bits per heavy atom. The van der Waals surface area contributed by atoms with Crippen LogP contribution in [0.5, 0.6) is 11.5 Å². The van der Waals surface area contributed by atoms with Crippen LogP contribution in [-0.4, -0.2) is 21.1 Å². The molecule has 0 spiro atoms. The van der Waals surface area contributed by atoms with Gasteiger partial charge in [0, 0.05) is 5.75 Å². The molecule has 0 aromatic heterocycles. The molecular formula is C20H24O3S. The Labute approximate surface area is 147 Å². The van der Waals surface area contributed by atoms with E-state index in [2.05, 4.69) is 20.8 Å². The first kappa shape index (κ1) is 18.4. The van der Waals surface area contributed by atoms with E-state index in [4.69, 9.17) is 0 Å². The van der Waals surface area contributed by atoms with E-state index < -0.39 is 0 Å². The number of rotatable bonds is 5. The molecule has 2 rings (SSSR count). The number of thioether (sulfide) groups is 1. The fourth-order valence-electron chi connectivity index (χ4n) is 2.50. The van der Waals surface area contributed by atoms with Gasteiger partial charge in [-0.15, -0.1) is 0 Å². The number of carbonyl (C=O) groups excluding carboxylic acids is 1. The van der Waals surface area contributed by atoms with Crippen LogP contribution in [0.25, 0.3) is 0 Å². The van der Waals surface area contributed by atoms with Crippen LogP contribution < -0.4 is 0 Å². The zero-order valence-electron chi connectivity index (χ0n) is 14.4. The molecule has 24 heavy (non-hydrogen) atoms.